The van der Waals surface area contributed by atoms with Gasteiger partial charge in [-0.05, 0) is 44.7 Å². The van der Waals surface area contributed by atoms with Crippen LogP contribution < -0.4 is 5.32 Å². The first-order valence-electron chi connectivity index (χ1n) is 7.36. The standard InChI is InChI=1S/C16H19N3O3/c1-9-8-14(18-19(9)10(2)11-6-7-11)17-16(22)12-4-3-5-13(20)15(12)21/h3-5,8,10-11,20-21H,6-7H2,1-2H3,(H,17,18,22). The Labute approximate surface area is 128 Å². The van der Waals surface area contributed by atoms with Crippen LogP contribution >= 0.6 is 0 Å². The summed E-state index contributed by atoms with van der Waals surface area (Å²) >= 11 is 0. The second kappa shape index (κ2) is 5.36. The number of aryl methyl sites for hydroxylation is 1. The number of hydrogen-bond acceptors (Lipinski definition) is 4. The minimum absolute atomic E-state index is 0.0162. The summed E-state index contributed by atoms with van der Waals surface area (Å²) in [6.45, 7) is 4.08. The number of hydrogen-bond donors (Lipinski definition) is 3. The Morgan fingerprint density at radius 1 is 1.41 bits per heavy atom. The molecule has 1 aromatic carbocycles. The average Bonchev–Trinajstić information content (AvgIpc) is 3.25. The summed E-state index contributed by atoms with van der Waals surface area (Å²) in [6, 6.07) is 6.39. The summed E-state index contributed by atoms with van der Waals surface area (Å²) in [5.41, 5.74) is 0.997. The summed E-state index contributed by atoms with van der Waals surface area (Å²) in [4.78, 5) is 12.2. The van der Waals surface area contributed by atoms with Gasteiger partial charge in [0, 0.05) is 11.8 Å². The molecule has 2 aromatic rings. The van der Waals surface area contributed by atoms with Gasteiger partial charge in [0.25, 0.3) is 5.91 Å². The molecule has 6 nitrogen and oxygen atoms in total. The number of phenolic OH excluding ortho intramolecular Hbond substituents is 2. The van der Waals surface area contributed by atoms with Crippen LogP contribution in [0.2, 0.25) is 0 Å². The molecule has 3 N–H and O–H groups in total. The molecular formula is C16H19N3O3. The zero-order valence-corrected chi connectivity index (χ0v) is 12.6. The Morgan fingerprint density at radius 3 is 2.82 bits per heavy atom. The van der Waals surface area contributed by atoms with Crippen LogP contribution in [0.5, 0.6) is 11.5 Å². The van der Waals surface area contributed by atoms with Gasteiger partial charge in [0.1, 0.15) is 0 Å². The first kappa shape index (κ1) is 14.4. The van der Waals surface area contributed by atoms with Crippen LogP contribution in [-0.4, -0.2) is 25.9 Å². The summed E-state index contributed by atoms with van der Waals surface area (Å²) in [5, 5.41) is 26.3. The van der Waals surface area contributed by atoms with Gasteiger partial charge in [-0.2, -0.15) is 5.10 Å². The number of rotatable bonds is 4. The third kappa shape index (κ3) is 2.64. The van der Waals surface area contributed by atoms with E-state index in [-0.39, 0.29) is 11.3 Å². The van der Waals surface area contributed by atoms with E-state index in [0.29, 0.717) is 17.8 Å². The van der Waals surface area contributed by atoms with Crippen LogP contribution in [0.3, 0.4) is 0 Å². The maximum absolute atomic E-state index is 12.2. The third-order valence-electron chi connectivity index (χ3n) is 4.11. The lowest BCUT2D eigenvalue weighted by Gasteiger charge is -2.12. The molecule has 0 radical (unpaired) electrons. The quantitative estimate of drug-likeness (QED) is 0.758. The highest BCUT2D eigenvalue weighted by atomic mass is 16.3. The first-order valence-corrected chi connectivity index (χ1v) is 7.36. The van der Waals surface area contributed by atoms with Crippen molar-refractivity contribution >= 4 is 11.7 Å². The molecule has 1 unspecified atom stereocenters. The second-order valence-electron chi connectivity index (χ2n) is 5.82. The van der Waals surface area contributed by atoms with E-state index >= 15 is 0 Å². The predicted octanol–water partition coefficient (Wildman–Crippen LogP) is 2.83. The number of carbonyl (C=O) groups excluding carboxylic acids is 1. The van der Waals surface area contributed by atoms with Gasteiger partial charge in [0.15, 0.2) is 17.3 Å². The van der Waals surface area contributed by atoms with E-state index in [0.717, 1.165) is 5.69 Å². The molecule has 1 saturated carbocycles. The number of phenols is 2. The van der Waals surface area contributed by atoms with Crippen molar-refractivity contribution in [3.63, 3.8) is 0 Å². The van der Waals surface area contributed by atoms with E-state index in [9.17, 15) is 15.0 Å². The molecule has 1 atom stereocenters. The number of nitrogens with zero attached hydrogens (tertiary/aromatic N) is 2. The Hall–Kier alpha value is -2.50. The summed E-state index contributed by atoms with van der Waals surface area (Å²) in [7, 11) is 0. The molecule has 1 heterocycles. The van der Waals surface area contributed by atoms with Gasteiger partial charge in [-0.1, -0.05) is 6.07 Å². The highest BCUT2D eigenvalue weighted by Crippen LogP contribution is 2.39. The molecule has 1 aliphatic carbocycles. The van der Waals surface area contributed by atoms with Crippen molar-refractivity contribution in [3.8, 4) is 11.5 Å². The molecule has 1 amide bonds. The molecule has 116 valence electrons. The molecule has 0 bridgehead atoms. The molecular weight excluding hydrogens is 282 g/mol. The molecule has 0 saturated heterocycles. The fourth-order valence-electron chi connectivity index (χ4n) is 2.64. The highest BCUT2D eigenvalue weighted by molar-refractivity contribution is 6.06. The smallest absolute Gasteiger partial charge is 0.260 e. The number of anilines is 1. The minimum atomic E-state index is -0.503. The number of carbonyl (C=O) groups is 1. The Bertz CT molecular complexity index is 719. The fourth-order valence-corrected chi connectivity index (χ4v) is 2.64. The summed E-state index contributed by atoms with van der Waals surface area (Å²) < 4.78 is 1.93. The van der Waals surface area contributed by atoms with E-state index in [1.54, 1.807) is 6.07 Å². The van der Waals surface area contributed by atoms with E-state index in [1.807, 2.05) is 11.6 Å². The molecule has 0 aliphatic heterocycles. The highest BCUT2D eigenvalue weighted by Gasteiger charge is 2.30. The minimum Gasteiger partial charge on any atom is -0.504 e. The van der Waals surface area contributed by atoms with Crippen molar-refractivity contribution in [1.29, 1.82) is 0 Å². The predicted molar refractivity (Wildman–Crippen MR) is 82.1 cm³/mol. The molecule has 3 rings (SSSR count). The van der Waals surface area contributed by atoms with Crippen LogP contribution in [-0.2, 0) is 0 Å². The van der Waals surface area contributed by atoms with Crippen molar-refractivity contribution in [2.24, 2.45) is 5.92 Å². The molecule has 1 aliphatic rings. The lowest BCUT2D eigenvalue weighted by Crippen LogP contribution is -2.14. The average molecular weight is 301 g/mol. The van der Waals surface area contributed by atoms with Crippen LogP contribution in [0, 0.1) is 12.8 Å². The third-order valence-corrected chi connectivity index (χ3v) is 4.11. The second-order valence-corrected chi connectivity index (χ2v) is 5.82. The van der Waals surface area contributed by atoms with Crippen molar-refractivity contribution < 1.29 is 15.0 Å². The fraction of sp³-hybridized carbons (Fsp3) is 0.375. The molecule has 0 spiro atoms. The van der Waals surface area contributed by atoms with Crippen molar-refractivity contribution in [1.82, 2.24) is 9.78 Å². The van der Waals surface area contributed by atoms with Gasteiger partial charge in [0.05, 0.1) is 11.6 Å². The topological polar surface area (TPSA) is 87.4 Å². The van der Waals surface area contributed by atoms with Gasteiger partial charge >= 0.3 is 0 Å². The van der Waals surface area contributed by atoms with Crippen LogP contribution in [0.1, 0.15) is 41.9 Å². The van der Waals surface area contributed by atoms with Gasteiger partial charge in [-0.25, -0.2) is 0 Å². The normalized spacial score (nSPS) is 15.5. The largest absolute Gasteiger partial charge is 0.504 e. The number of aromatic nitrogens is 2. The molecule has 22 heavy (non-hydrogen) atoms. The molecule has 6 heteroatoms. The number of aromatic hydroxyl groups is 2. The molecule has 1 fully saturated rings. The van der Waals surface area contributed by atoms with E-state index < -0.39 is 11.7 Å². The van der Waals surface area contributed by atoms with E-state index in [4.69, 9.17) is 0 Å². The van der Waals surface area contributed by atoms with Crippen molar-refractivity contribution in [2.75, 3.05) is 5.32 Å². The Morgan fingerprint density at radius 2 is 2.14 bits per heavy atom. The van der Waals surface area contributed by atoms with Crippen molar-refractivity contribution in [3.05, 3.63) is 35.5 Å². The Kier molecular flexibility index (Phi) is 3.52. The monoisotopic (exact) mass is 301 g/mol. The van der Waals surface area contributed by atoms with Crippen LogP contribution in [0.4, 0.5) is 5.82 Å². The lowest BCUT2D eigenvalue weighted by molar-refractivity contribution is 0.102. The maximum atomic E-state index is 12.2. The summed E-state index contributed by atoms with van der Waals surface area (Å²) in [6.07, 6.45) is 2.44. The van der Waals surface area contributed by atoms with E-state index in [1.165, 1.54) is 31.0 Å². The van der Waals surface area contributed by atoms with Crippen LogP contribution in [0.25, 0.3) is 0 Å². The van der Waals surface area contributed by atoms with Gasteiger partial charge < -0.3 is 15.5 Å². The first-order chi connectivity index (χ1) is 10.5. The summed E-state index contributed by atoms with van der Waals surface area (Å²) in [5.74, 6) is -0.147. The van der Waals surface area contributed by atoms with Crippen molar-refractivity contribution in [2.45, 2.75) is 32.7 Å². The maximum Gasteiger partial charge on any atom is 0.260 e. The number of para-hydroxylation sites is 1. The van der Waals surface area contributed by atoms with Crippen LogP contribution in [0.15, 0.2) is 24.3 Å². The van der Waals surface area contributed by atoms with E-state index in [2.05, 4.69) is 17.3 Å². The number of amides is 1. The van der Waals surface area contributed by atoms with Gasteiger partial charge in [-0.3, -0.25) is 9.48 Å². The zero-order chi connectivity index (χ0) is 15.9. The zero-order valence-electron chi connectivity index (χ0n) is 12.6. The number of benzene rings is 1. The number of nitrogens with one attached hydrogen (secondary N) is 1. The van der Waals surface area contributed by atoms with Gasteiger partial charge in [-0.15, -0.1) is 0 Å². The lowest BCUT2D eigenvalue weighted by atomic mass is 10.1. The van der Waals surface area contributed by atoms with Gasteiger partial charge in [0.2, 0.25) is 0 Å². The SMILES string of the molecule is Cc1cc(NC(=O)c2cccc(O)c2O)nn1C(C)C1CC1. The molecule has 1 aromatic heterocycles. The Balaban J connectivity index is 1.79.